The highest BCUT2D eigenvalue weighted by Gasteiger charge is 2.02. The third-order valence-corrected chi connectivity index (χ3v) is 2.07. The zero-order chi connectivity index (χ0) is 12.0. The third-order valence-electron chi connectivity index (χ3n) is 1.92. The van der Waals surface area contributed by atoms with E-state index in [1.807, 2.05) is 0 Å². The van der Waals surface area contributed by atoms with Crippen molar-refractivity contribution in [3.05, 3.63) is 41.5 Å². The van der Waals surface area contributed by atoms with E-state index in [1.165, 1.54) is 7.11 Å². The fraction of sp³-hybridized carbons (Fsp3) is 0.167. The summed E-state index contributed by atoms with van der Waals surface area (Å²) in [5.74, 6) is -0.369. The maximum atomic E-state index is 11.1. The second-order valence-corrected chi connectivity index (χ2v) is 3.50. The minimum atomic E-state index is -0.401. The second kappa shape index (κ2) is 6.08. The van der Waals surface area contributed by atoms with Gasteiger partial charge in [0.15, 0.2) is 0 Å². The molecule has 0 N–H and O–H groups in total. The number of benzene rings is 1. The van der Waals surface area contributed by atoms with Gasteiger partial charge in [0.2, 0.25) is 5.24 Å². The van der Waals surface area contributed by atoms with Gasteiger partial charge in [0.1, 0.15) is 0 Å². The lowest BCUT2D eigenvalue weighted by Gasteiger charge is -1.99. The molecule has 16 heavy (non-hydrogen) atoms. The van der Waals surface area contributed by atoms with Crippen LogP contribution in [0.25, 0.3) is 6.08 Å². The summed E-state index contributed by atoms with van der Waals surface area (Å²) in [5, 5.41) is -0.401. The van der Waals surface area contributed by atoms with Crippen LogP contribution in [-0.2, 0) is 9.53 Å². The molecule has 0 saturated carbocycles. The summed E-state index contributed by atoms with van der Waals surface area (Å²) < 4.78 is 4.57. The maximum Gasteiger partial charge on any atom is 0.337 e. The summed E-state index contributed by atoms with van der Waals surface area (Å²) in [6.45, 7) is 0. The van der Waals surface area contributed by atoms with E-state index < -0.39 is 5.24 Å². The molecule has 0 unspecified atom stereocenters. The number of hydrogen-bond acceptors (Lipinski definition) is 3. The van der Waals surface area contributed by atoms with E-state index in [1.54, 1.807) is 36.4 Å². The Morgan fingerprint density at radius 3 is 2.44 bits per heavy atom. The highest BCUT2D eigenvalue weighted by atomic mass is 35.5. The first-order valence-corrected chi connectivity index (χ1v) is 5.04. The minimum absolute atomic E-state index is 0.195. The van der Waals surface area contributed by atoms with Crippen molar-refractivity contribution in [3.63, 3.8) is 0 Å². The fourth-order valence-electron chi connectivity index (χ4n) is 1.14. The molecule has 0 aliphatic heterocycles. The van der Waals surface area contributed by atoms with E-state index in [9.17, 15) is 9.59 Å². The Hall–Kier alpha value is -1.61. The summed E-state index contributed by atoms with van der Waals surface area (Å²) >= 11 is 5.18. The summed E-state index contributed by atoms with van der Waals surface area (Å²) in [7, 11) is 1.34. The molecule has 0 heterocycles. The van der Waals surface area contributed by atoms with Gasteiger partial charge in [0, 0.05) is 6.42 Å². The average molecular weight is 239 g/mol. The number of methoxy groups -OCH3 is 1. The van der Waals surface area contributed by atoms with Gasteiger partial charge in [-0.05, 0) is 29.3 Å². The van der Waals surface area contributed by atoms with Gasteiger partial charge >= 0.3 is 5.97 Å². The van der Waals surface area contributed by atoms with Crippen molar-refractivity contribution in [2.24, 2.45) is 0 Å². The summed E-state index contributed by atoms with van der Waals surface area (Å²) in [4.78, 5) is 21.6. The topological polar surface area (TPSA) is 43.4 Å². The summed E-state index contributed by atoms with van der Waals surface area (Å²) in [6.07, 6.45) is 3.63. The molecule has 0 radical (unpaired) electrons. The SMILES string of the molecule is COC(=O)c1ccc(/C=C/CC(=O)Cl)cc1. The number of rotatable bonds is 4. The molecule has 0 aromatic heterocycles. The fourth-order valence-corrected chi connectivity index (χ4v) is 1.22. The Morgan fingerprint density at radius 2 is 1.94 bits per heavy atom. The maximum absolute atomic E-state index is 11.1. The number of carbonyl (C=O) groups is 2. The number of allylic oxidation sites excluding steroid dienone is 1. The first-order valence-electron chi connectivity index (χ1n) is 4.66. The number of halogens is 1. The largest absolute Gasteiger partial charge is 0.465 e. The van der Waals surface area contributed by atoms with Crippen LogP contribution in [0.15, 0.2) is 30.3 Å². The lowest BCUT2D eigenvalue weighted by Crippen LogP contribution is -2.00. The molecule has 0 fully saturated rings. The van der Waals surface area contributed by atoms with E-state index in [2.05, 4.69) is 4.74 Å². The number of esters is 1. The molecule has 0 atom stereocenters. The number of ether oxygens (including phenoxy) is 1. The highest BCUT2D eigenvalue weighted by molar-refractivity contribution is 6.63. The van der Waals surface area contributed by atoms with Gasteiger partial charge in [-0.2, -0.15) is 0 Å². The van der Waals surface area contributed by atoms with Crippen LogP contribution in [0.3, 0.4) is 0 Å². The lowest BCUT2D eigenvalue weighted by atomic mass is 10.1. The van der Waals surface area contributed by atoms with Gasteiger partial charge in [-0.3, -0.25) is 4.79 Å². The van der Waals surface area contributed by atoms with E-state index in [4.69, 9.17) is 11.6 Å². The standard InChI is InChI=1S/C12H11ClO3/c1-16-12(15)10-7-5-9(6-8-10)3-2-4-11(13)14/h2-3,5-8H,4H2,1H3/b3-2+. The normalized spacial score (nSPS) is 10.4. The second-order valence-electron chi connectivity index (χ2n) is 3.08. The van der Waals surface area contributed by atoms with Crippen molar-refractivity contribution >= 4 is 28.9 Å². The van der Waals surface area contributed by atoms with E-state index >= 15 is 0 Å². The Labute approximate surface area is 98.7 Å². The Morgan fingerprint density at radius 1 is 1.31 bits per heavy atom. The molecule has 0 saturated heterocycles. The molecule has 0 spiro atoms. The first kappa shape index (κ1) is 12.5. The van der Waals surface area contributed by atoms with Gasteiger partial charge in [-0.15, -0.1) is 0 Å². The molecule has 1 aromatic rings. The van der Waals surface area contributed by atoms with Crippen LogP contribution in [0.4, 0.5) is 0 Å². The predicted molar refractivity (Wildman–Crippen MR) is 62.3 cm³/mol. The zero-order valence-electron chi connectivity index (χ0n) is 8.77. The van der Waals surface area contributed by atoms with Crippen LogP contribution in [0.5, 0.6) is 0 Å². The molecule has 1 rings (SSSR count). The quantitative estimate of drug-likeness (QED) is 0.598. The number of carbonyl (C=O) groups excluding carboxylic acids is 2. The van der Waals surface area contributed by atoms with E-state index in [0.717, 1.165) is 5.56 Å². The smallest absolute Gasteiger partial charge is 0.337 e. The van der Waals surface area contributed by atoms with Crippen molar-refractivity contribution in [2.75, 3.05) is 7.11 Å². The number of hydrogen-bond donors (Lipinski definition) is 0. The van der Waals surface area contributed by atoms with Gasteiger partial charge in [0.05, 0.1) is 12.7 Å². The van der Waals surface area contributed by atoms with Gasteiger partial charge in [0.25, 0.3) is 0 Å². The molecular formula is C12H11ClO3. The molecule has 0 aliphatic carbocycles. The van der Waals surface area contributed by atoms with E-state index in [-0.39, 0.29) is 12.4 Å². The van der Waals surface area contributed by atoms with Crippen LogP contribution in [0.2, 0.25) is 0 Å². The van der Waals surface area contributed by atoms with Crippen molar-refractivity contribution in [1.82, 2.24) is 0 Å². The summed E-state index contributed by atoms with van der Waals surface area (Å²) in [6, 6.07) is 6.85. The average Bonchev–Trinajstić information content (AvgIpc) is 2.28. The predicted octanol–water partition coefficient (Wildman–Crippen LogP) is 2.64. The van der Waals surface area contributed by atoms with Gasteiger partial charge < -0.3 is 4.74 Å². The zero-order valence-corrected chi connectivity index (χ0v) is 9.53. The van der Waals surface area contributed by atoms with Crippen molar-refractivity contribution < 1.29 is 14.3 Å². The molecule has 0 bridgehead atoms. The molecular weight excluding hydrogens is 228 g/mol. The Bertz CT molecular complexity index is 407. The van der Waals surface area contributed by atoms with Crippen LogP contribution < -0.4 is 0 Å². The highest BCUT2D eigenvalue weighted by Crippen LogP contribution is 2.08. The van der Waals surface area contributed by atoms with Crippen LogP contribution in [-0.4, -0.2) is 18.3 Å². The van der Waals surface area contributed by atoms with Crippen LogP contribution in [0.1, 0.15) is 22.3 Å². The van der Waals surface area contributed by atoms with E-state index in [0.29, 0.717) is 5.56 Å². The molecule has 1 aromatic carbocycles. The van der Waals surface area contributed by atoms with Crippen LogP contribution in [0, 0.1) is 0 Å². The Balaban J connectivity index is 2.68. The molecule has 0 amide bonds. The lowest BCUT2D eigenvalue weighted by molar-refractivity contribution is -0.110. The summed E-state index contributed by atoms with van der Waals surface area (Å²) in [5.41, 5.74) is 1.39. The molecule has 84 valence electrons. The van der Waals surface area contributed by atoms with Gasteiger partial charge in [-0.1, -0.05) is 24.3 Å². The third kappa shape index (κ3) is 3.87. The monoisotopic (exact) mass is 238 g/mol. The molecule has 4 heteroatoms. The van der Waals surface area contributed by atoms with Crippen molar-refractivity contribution in [2.45, 2.75) is 6.42 Å². The minimum Gasteiger partial charge on any atom is -0.465 e. The van der Waals surface area contributed by atoms with Crippen molar-refractivity contribution in [1.29, 1.82) is 0 Å². The van der Waals surface area contributed by atoms with Crippen molar-refractivity contribution in [3.8, 4) is 0 Å². The molecule has 3 nitrogen and oxygen atoms in total. The van der Waals surface area contributed by atoms with Crippen LogP contribution >= 0.6 is 11.6 Å². The molecule has 0 aliphatic rings. The Kier molecular flexibility index (Phi) is 4.73. The van der Waals surface area contributed by atoms with Gasteiger partial charge in [-0.25, -0.2) is 4.79 Å². The first-order chi connectivity index (χ1) is 7.63.